The van der Waals surface area contributed by atoms with Crippen LogP contribution in [-0.4, -0.2) is 31.2 Å². The van der Waals surface area contributed by atoms with Gasteiger partial charge >= 0.3 is 0 Å². The van der Waals surface area contributed by atoms with Gasteiger partial charge in [-0.2, -0.15) is 5.10 Å². The number of nitrogens with one attached hydrogen (secondary N) is 2. The summed E-state index contributed by atoms with van der Waals surface area (Å²) in [7, 11) is 0. The molecule has 0 aliphatic carbocycles. The summed E-state index contributed by atoms with van der Waals surface area (Å²) < 4.78 is 15.3. The van der Waals surface area contributed by atoms with Crippen LogP contribution in [0.4, 0.5) is 27.3 Å². The quantitative estimate of drug-likeness (QED) is 0.438. The molecule has 3 N–H and O–H groups in total. The van der Waals surface area contributed by atoms with Crippen molar-refractivity contribution in [2.75, 3.05) is 10.2 Å². The van der Waals surface area contributed by atoms with Crippen LogP contribution in [0, 0.1) is 19.7 Å². The number of carbonyl (C=O) groups is 1. The molecule has 152 valence electrons. The Morgan fingerprint density at radius 3 is 2.77 bits per heavy atom. The van der Waals surface area contributed by atoms with Gasteiger partial charge in [-0.15, -0.1) is 0 Å². The summed E-state index contributed by atoms with van der Waals surface area (Å²) in [6, 6.07) is 8.06. The average Bonchev–Trinajstić information content (AvgIpc) is 3.17. The number of hydrogen-bond donors (Lipinski definition) is 3. The first kappa shape index (κ1) is 19.3. The van der Waals surface area contributed by atoms with E-state index in [0.29, 0.717) is 28.1 Å². The van der Waals surface area contributed by atoms with Gasteiger partial charge in [-0.3, -0.25) is 14.8 Å². The number of phenolic OH excluding ortho intramolecular Hbond substituents is 1. The molecule has 0 fully saturated rings. The topological polar surface area (TPSA) is 107 Å². The van der Waals surface area contributed by atoms with E-state index in [1.165, 1.54) is 19.3 Å². The second-order valence-corrected chi connectivity index (χ2v) is 6.96. The zero-order chi connectivity index (χ0) is 21.4. The van der Waals surface area contributed by atoms with Crippen LogP contribution in [0.3, 0.4) is 0 Å². The van der Waals surface area contributed by atoms with Crippen molar-refractivity contribution in [3.63, 3.8) is 0 Å². The molecule has 4 rings (SSSR count). The fraction of sp³-hybridized carbons (Fsp3) is 0.143. The lowest BCUT2D eigenvalue weighted by Gasteiger charge is -2.26. The van der Waals surface area contributed by atoms with Gasteiger partial charge in [0, 0.05) is 6.92 Å². The summed E-state index contributed by atoms with van der Waals surface area (Å²) in [4.78, 5) is 21.7. The van der Waals surface area contributed by atoms with Gasteiger partial charge in [-0.05, 0) is 49.2 Å². The molecule has 0 bridgehead atoms. The summed E-state index contributed by atoms with van der Waals surface area (Å²) >= 11 is 0. The number of rotatable bonds is 4. The van der Waals surface area contributed by atoms with Crippen molar-refractivity contribution in [2.24, 2.45) is 0 Å². The Hall–Kier alpha value is -4.01. The molecule has 4 aromatic rings. The first-order chi connectivity index (χ1) is 14.3. The maximum Gasteiger partial charge on any atom is 0.221 e. The lowest BCUT2D eigenvalue weighted by atomic mass is 10.1. The van der Waals surface area contributed by atoms with Gasteiger partial charge in [-0.25, -0.2) is 14.4 Å². The molecular weight excluding hydrogens is 387 g/mol. The van der Waals surface area contributed by atoms with Gasteiger partial charge < -0.3 is 10.4 Å². The van der Waals surface area contributed by atoms with Crippen molar-refractivity contribution in [1.82, 2.24) is 20.2 Å². The fourth-order valence-corrected chi connectivity index (χ4v) is 3.34. The number of amides is 1. The number of benzene rings is 2. The monoisotopic (exact) mass is 406 g/mol. The standard InChI is InChI=1S/C21H19FN6O2/c1-11-6-12(2)19(22)17(7-11)28(21-20-16(9-25-27-20)23-10-24-21)14-4-5-18(30)15(8-14)26-13(3)29/h4-10,30H,1-3H3,(H,25,27)(H,26,29). The highest BCUT2D eigenvalue weighted by Crippen LogP contribution is 2.41. The van der Waals surface area contributed by atoms with E-state index >= 15 is 4.39 Å². The average molecular weight is 406 g/mol. The highest BCUT2D eigenvalue weighted by molar-refractivity contribution is 5.94. The number of aromatic amines is 1. The van der Waals surface area contributed by atoms with Crippen molar-refractivity contribution in [1.29, 1.82) is 0 Å². The number of nitrogens with zero attached hydrogens (tertiary/aromatic N) is 4. The summed E-state index contributed by atoms with van der Waals surface area (Å²) in [5, 5.41) is 19.6. The summed E-state index contributed by atoms with van der Waals surface area (Å²) in [5.41, 5.74) is 3.37. The lowest BCUT2D eigenvalue weighted by Crippen LogP contribution is -2.15. The number of aromatic nitrogens is 4. The number of H-pyrrole nitrogens is 1. The largest absolute Gasteiger partial charge is 0.506 e. The molecule has 0 aliphatic heterocycles. The Labute approximate surface area is 171 Å². The van der Waals surface area contributed by atoms with E-state index < -0.39 is 5.82 Å². The molecule has 2 aromatic heterocycles. The summed E-state index contributed by atoms with van der Waals surface area (Å²) in [6.45, 7) is 4.90. The third-order valence-corrected chi connectivity index (χ3v) is 4.60. The third-order valence-electron chi connectivity index (χ3n) is 4.60. The molecule has 0 aliphatic rings. The molecule has 30 heavy (non-hydrogen) atoms. The predicted octanol–water partition coefficient (Wildman–Crippen LogP) is 4.24. The van der Waals surface area contributed by atoms with Crippen molar-refractivity contribution in [2.45, 2.75) is 20.8 Å². The van der Waals surface area contributed by atoms with Crippen molar-refractivity contribution in [3.8, 4) is 5.75 Å². The minimum absolute atomic E-state index is 0.107. The minimum atomic E-state index is -0.416. The predicted molar refractivity (Wildman–Crippen MR) is 112 cm³/mol. The Balaban J connectivity index is 2.01. The normalized spacial score (nSPS) is 10.9. The molecule has 0 unspecified atom stereocenters. The molecular formula is C21H19FN6O2. The van der Waals surface area contributed by atoms with Gasteiger partial charge in [0.05, 0.1) is 23.3 Å². The van der Waals surface area contributed by atoms with Crippen LogP contribution in [-0.2, 0) is 4.79 Å². The first-order valence-corrected chi connectivity index (χ1v) is 9.16. The van der Waals surface area contributed by atoms with Crippen LogP contribution in [0.15, 0.2) is 42.9 Å². The Kier molecular flexibility index (Phi) is 4.78. The number of aryl methyl sites for hydroxylation is 2. The number of halogens is 1. The first-order valence-electron chi connectivity index (χ1n) is 9.16. The molecule has 0 atom stereocenters. The molecule has 8 nitrogen and oxygen atoms in total. The third kappa shape index (κ3) is 3.41. The van der Waals surface area contributed by atoms with Crippen LogP contribution in [0.5, 0.6) is 5.75 Å². The van der Waals surface area contributed by atoms with Crippen LogP contribution in [0.1, 0.15) is 18.1 Å². The van der Waals surface area contributed by atoms with E-state index in [-0.39, 0.29) is 23.0 Å². The number of carbonyl (C=O) groups excluding carboxylic acids is 1. The van der Waals surface area contributed by atoms with Gasteiger partial charge in [0.1, 0.15) is 28.9 Å². The Bertz CT molecular complexity index is 1270. The number of anilines is 4. The van der Waals surface area contributed by atoms with Gasteiger partial charge in [0.15, 0.2) is 5.82 Å². The van der Waals surface area contributed by atoms with E-state index in [0.717, 1.165) is 5.56 Å². The highest BCUT2D eigenvalue weighted by atomic mass is 19.1. The zero-order valence-electron chi connectivity index (χ0n) is 16.6. The van der Waals surface area contributed by atoms with E-state index in [4.69, 9.17) is 0 Å². The van der Waals surface area contributed by atoms with Crippen LogP contribution in [0.25, 0.3) is 11.0 Å². The number of hydrogen-bond acceptors (Lipinski definition) is 6. The maximum absolute atomic E-state index is 15.3. The summed E-state index contributed by atoms with van der Waals surface area (Å²) in [6.07, 6.45) is 2.92. The van der Waals surface area contributed by atoms with E-state index in [1.54, 1.807) is 42.3 Å². The van der Waals surface area contributed by atoms with Gasteiger partial charge in [0.2, 0.25) is 5.91 Å². The van der Waals surface area contributed by atoms with Crippen molar-refractivity contribution in [3.05, 3.63) is 59.8 Å². The van der Waals surface area contributed by atoms with E-state index in [2.05, 4.69) is 25.5 Å². The second kappa shape index (κ2) is 7.43. The highest BCUT2D eigenvalue weighted by Gasteiger charge is 2.23. The SMILES string of the molecule is CC(=O)Nc1cc(N(c2cc(C)cc(C)c2F)c2ncnc3cn[nH]c23)ccc1O. The minimum Gasteiger partial charge on any atom is -0.506 e. The molecule has 2 aromatic carbocycles. The van der Waals surface area contributed by atoms with Crippen LogP contribution in [0.2, 0.25) is 0 Å². The molecule has 0 radical (unpaired) electrons. The number of aromatic hydroxyl groups is 1. The fourth-order valence-electron chi connectivity index (χ4n) is 3.34. The van der Waals surface area contributed by atoms with Gasteiger partial charge in [0.25, 0.3) is 0 Å². The van der Waals surface area contributed by atoms with Crippen LogP contribution < -0.4 is 10.2 Å². The molecule has 9 heteroatoms. The molecule has 0 spiro atoms. The lowest BCUT2D eigenvalue weighted by molar-refractivity contribution is -0.114. The molecule has 2 heterocycles. The van der Waals surface area contributed by atoms with E-state index in [1.807, 2.05) is 6.92 Å². The maximum atomic E-state index is 15.3. The molecule has 0 saturated heterocycles. The Morgan fingerprint density at radius 1 is 1.20 bits per heavy atom. The molecule has 0 saturated carbocycles. The Morgan fingerprint density at radius 2 is 2.00 bits per heavy atom. The van der Waals surface area contributed by atoms with E-state index in [9.17, 15) is 9.90 Å². The van der Waals surface area contributed by atoms with Gasteiger partial charge in [-0.1, -0.05) is 6.07 Å². The second-order valence-electron chi connectivity index (χ2n) is 6.96. The zero-order valence-corrected chi connectivity index (χ0v) is 16.6. The number of phenols is 1. The smallest absolute Gasteiger partial charge is 0.221 e. The summed E-state index contributed by atoms with van der Waals surface area (Å²) in [5.74, 6) is -0.490. The number of fused-ring (bicyclic) bond motifs is 1. The van der Waals surface area contributed by atoms with Crippen LogP contribution >= 0.6 is 0 Å². The molecule has 1 amide bonds. The van der Waals surface area contributed by atoms with Crippen molar-refractivity contribution >= 4 is 39.8 Å². The van der Waals surface area contributed by atoms with Crippen molar-refractivity contribution < 1.29 is 14.3 Å².